The second-order valence-corrected chi connectivity index (χ2v) is 14.1. The summed E-state index contributed by atoms with van der Waals surface area (Å²) in [7, 11) is -4.54. The zero-order valence-corrected chi connectivity index (χ0v) is 28.2. The molecule has 12 heteroatoms. The Bertz CT molecular complexity index is 1750. The summed E-state index contributed by atoms with van der Waals surface area (Å²) in [6, 6.07) is 26.1. The Morgan fingerprint density at radius 3 is 2.04 bits per heavy atom. The van der Waals surface area contributed by atoms with E-state index in [9.17, 15) is 31.2 Å². The van der Waals surface area contributed by atoms with Crippen molar-refractivity contribution < 1.29 is 31.2 Å². The Labute approximate surface area is 281 Å². The quantitative estimate of drug-likeness (QED) is 0.160. The standard InChI is InChI=1S/C35H35BrF3N3O4S/c1-25(2)22-40-34(44)32(20-26-10-5-3-6-11-26)41(23-27-16-18-29(36)19-17-27)33(43)24-42(47(45,46)31-14-7-4-8-15-31)30-13-9-12-28(21-30)35(37,38)39/h3-19,21,25,32H,20,22-24H2,1-2H3,(H,40,44)/t32-/m0/s1. The van der Waals surface area contributed by atoms with Crippen molar-refractivity contribution in [2.45, 2.75) is 43.9 Å². The van der Waals surface area contributed by atoms with E-state index in [0.717, 1.165) is 22.2 Å². The number of hydrogen-bond acceptors (Lipinski definition) is 4. The Balaban J connectivity index is 1.83. The highest BCUT2D eigenvalue weighted by molar-refractivity contribution is 9.10. The summed E-state index contributed by atoms with van der Waals surface area (Å²) in [5, 5.41) is 2.90. The molecule has 0 aliphatic carbocycles. The van der Waals surface area contributed by atoms with E-state index in [1.54, 1.807) is 42.5 Å². The van der Waals surface area contributed by atoms with Gasteiger partial charge in [0.05, 0.1) is 16.1 Å². The average Bonchev–Trinajstić information content (AvgIpc) is 3.05. The minimum atomic E-state index is -4.76. The number of rotatable bonds is 13. The van der Waals surface area contributed by atoms with Crippen LogP contribution < -0.4 is 9.62 Å². The number of alkyl halides is 3. The van der Waals surface area contributed by atoms with Crippen LogP contribution in [0.25, 0.3) is 0 Å². The van der Waals surface area contributed by atoms with Crippen LogP contribution in [-0.2, 0) is 38.8 Å². The van der Waals surface area contributed by atoms with Crippen molar-refractivity contribution in [3.8, 4) is 0 Å². The van der Waals surface area contributed by atoms with E-state index in [1.807, 2.05) is 32.0 Å². The maximum atomic E-state index is 14.4. The number of hydrogen-bond donors (Lipinski definition) is 1. The van der Waals surface area contributed by atoms with Gasteiger partial charge in [-0.3, -0.25) is 13.9 Å². The van der Waals surface area contributed by atoms with Gasteiger partial charge in [0.15, 0.2) is 0 Å². The van der Waals surface area contributed by atoms with Crippen LogP contribution in [0.15, 0.2) is 119 Å². The third-order valence-electron chi connectivity index (χ3n) is 7.29. The fraction of sp³-hybridized carbons (Fsp3) is 0.257. The zero-order chi connectivity index (χ0) is 34.2. The molecule has 0 aliphatic heterocycles. The van der Waals surface area contributed by atoms with Crippen LogP contribution in [0.3, 0.4) is 0 Å². The van der Waals surface area contributed by atoms with Crippen LogP contribution in [0.1, 0.15) is 30.5 Å². The molecule has 0 bridgehead atoms. The number of halogens is 4. The van der Waals surface area contributed by atoms with E-state index in [-0.39, 0.29) is 29.5 Å². The molecular weight excluding hydrogens is 695 g/mol. The number of benzene rings is 4. The summed E-state index contributed by atoms with van der Waals surface area (Å²) in [5.41, 5.74) is 0.00665. The first-order valence-corrected chi connectivity index (χ1v) is 17.1. The number of anilines is 1. The average molecular weight is 731 g/mol. The highest BCUT2D eigenvalue weighted by Crippen LogP contribution is 2.33. The van der Waals surface area contributed by atoms with Gasteiger partial charge in [0.25, 0.3) is 10.0 Å². The van der Waals surface area contributed by atoms with Gasteiger partial charge in [0, 0.05) is 24.0 Å². The van der Waals surface area contributed by atoms with Crippen molar-refractivity contribution in [2.75, 3.05) is 17.4 Å². The van der Waals surface area contributed by atoms with E-state index >= 15 is 0 Å². The number of carbonyl (C=O) groups is 2. The molecule has 4 aromatic carbocycles. The number of carbonyl (C=O) groups excluding carboxylic acids is 2. The maximum Gasteiger partial charge on any atom is 0.416 e. The minimum Gasteiger partial charge on any atom is -0.354 e. The lowest BCUT2D eigenvalue weighted by Crippen LogP contribution is -2.53. The molecule has 0 aliphatic rings. The maximum absolute atomic E-state index is 14.4. The molecule has 0 saturated heterocycles. The van der Waals surface area contributed by atoms with Crippen molar-refractivity contribution in [3.63, 3.8) is 0 Å². The molecule has 0 saturated carbocycles. The van der Waals surface area contributed by atoms with Crippen LogP contribution >= 0.6 is 15.9 Å². The van der Waals surface area contributed by atoms with Gasteiger partial charge < -0.3 is 10.2 Å². The topological polar surface area (TPSA) is 86.8 Å². The zero-order valence-electron chi connectivity index (χ0n) is 25.8. The lowest BCUT2D eigenvalue weighted by atomic mass is 10.0. The number of amides is 2. The summed E-state index contributed by atoms with van der Waals surface area (Å²) in [5.74, 6) is -1.10. The van der Waals surface area contributed by atoms with Crippen LogP contribution in [0.4, 0.5) is 18.9 Å². The summed E-state index contributed by atoms with van der Waals surface area (Å²) in [6.45, 7) is 3.26. The summed E-state index contributed by atoms with van der Waals surface area (Å²) < 4.78 is 70.7. The van der Waals surface area contributed by atoms with Crippen molar-refractivity contribution in [1.29, 1.82) is 0 Å². The van der Waals surface area contributed by atoms with Crippen LogP contribution in [0.2, 0.25) is 0 Å². The van der Waals surface area contributed by atoms with Crippen molar-refractivity contribution in [1.82, 2.24) is 10.2 Å². The third-order valence-corrected chi connectivity index (χ3v) is 9.61. The van der Waals surface area contributed by atoms with E-state index < -0.39 is 46.2 Å². The number of sulfonamides is 1. The van der Waals surface area contributed by atoms with Gasteiger partial charge in [-0.05, 0) is 59.5 Å². The van der Waals surface area contributed by atoms with E-state index in [2.05, 4.69) is 21.2 Å². The monoisotopic (exact) mass is 729 g/mol. The first-order chi connectivity index (χ1) is 22.3. The fourth-order valence-electron chi connectivity index (χ4n) is 4.85. The van der Waals surface area contributed by atoms with E-state index in [4.69, 9.17) is 0 Å². The largest absolute Gasteiger partial charge is 0.416 e. The Kier molecular flexibility index (Phi) is 11.9. The normalized spacial score (nSPS) is 12.4. The molecule has 0 heterocycles. The van der Waals surface area contributed by atoms with Crippen LogP contribution in [0, 0.1) is 5.92 Å². The van der Waals surface area contributed by atoms with Crippen molar-refractivity contribution in [3.05, 3.63) is 130 Å². The predicted octanol–water partition coefficient (Wildman–Crippen LogP) is 7.08. The second kappa shape index (κ2) is 15.6. The highest BCUT2D eigenvalue weighted by atomic mass is 79.9. The third kappa shape index (κ3) is 9.68. The SMILES string of the molecule is CC(C)CNC(=O)[C@H](Cc1ccccc1)N(Cc1ccc(Br)cc1)C(=O)CN(c1cccc(C(F)(F)F)c1)S(=O)(=O)c1ccccc1. The first-order valence-electron chi connectivity index (χ1n) is 14.9. The van der Waals surface area contributed by atoms with E-state index in [1.165, 1.54) is 35.2 Å². The predicted molar refractivity (Wildman–Crippen MR) is 179 cm³/mol. The lowest BCUT2D eigenvalue weighted by Gasteiger charge is -2.34. The molecule has 47 heavy (non-hydrogen) atoms. The Hall–Kier alpha value is -4.16. The van der Waals surface area contributed by atoms with Gasteiger partial charge in [-0.25, -0.2) is 8.42 Å². The Morgan fingerprint density at radius 2 is 1.45 bits per heavy atom. The highest BCUT2D eigenvalue weighted by Gasteiger charge is 2.36. The molecule has 0 unspecified atom stereocenters. The first kappa shape index (κ1) is 35.7. The summed E-state index contributed by atoms with van der Waals surface area (Å²) in [4.78, 5) is 29.3. The van der Waals surface area contributed by atoms with E-state index in [0.29, 0.717) is 22.5 Å². The van der Waals surface area contributed by atoms with Crippen molar-refractivity contribution >= 4 is 43.5 Å². The summed E-state index contributed by atoms with van der Waals surface area (Å²) >= 11 is 3.40. The van der Waals surface area contributed by atoms with Crippen LogP contribution in [0.5, 0.6) is 0 Å². The van der Waals surface area contributed by atoms with Gasteiger partial charge in [0.2, 0.25) is 11.8 Å². The molecule has 0 radical (unpaired) electrons. The molecular formula is C35H35BrF3N3O4S. The number of nitrogens with zero attached hydrogens (tertiary/aromatic N) is 2. The Morgan fingerprint density at radius 1 is 0.830 bits per heavy atom. The fourth-order valence-corrected chi connectivity index (χ4v) is 6.54. The molecule has 0 aromatic heterocycles. The molecule has 4 aromatic rings. The molecule has 7 nitrogen and oxygen atoms in total. The van der Waals surface area contributed by atoms with Gasteiger partial charge >= 0.3 is 6.18 Å². The summed E-state index contributed by atoms with van der Waals surface area (Å²) in [6.07, 6.45) is -4.65. The van der Waals surface area contributed by atoms with Crippen molar-refractivity contribution in [2.24, 2.45) is 5.92 Å². The molecule has 1 N–H and O–H groups in total. The van der Waals surface area contributed by atoms with Crippen LogP contribution in [-0.4, -0.2) is 44.3 Å². The van der Waals surface area contributed by atoms with Gasteiger partial charge in [-0.1, -0.05) is 96.5 Å². The molecule has 0 fully saturated rings. The smallest absolute Gasteiger partial charge is 0.354 e. The molecule has 2 amide bonds. The molecule has 4 rings (SSSR count). The second-order valence-electron chi connectivity index (χ2n) is 11.4. The van der Waals surface area contributed by atoms with Gasteiger partial charge in [-0.15, -0.1) is 0 Å². The van der Waals surface area contributed by atoms with Gasteiger partial charge in [-0.2, -0.15) is 13.2 Å². The minimum absolute atomic E-state index is 0.0689. The van der Waals surface area contributed by atoms with Gasteiger partial charge in [0.1, 0.15) is 12.6 Å². The molecule has 0 spiro atoms. The lowest BCUT2D eigenvalue weighted by molar-refractivity contribution is -0.140. The molecule has 248 valence electrons. The number of nitrogens with one attached hydrogen (secondary N) is 1. The molecule has 1 atom stereocenters.